The Hall–Kier alpha value is -1.55. The summed E-state index contributed by atoms with van der Waals surface area (Å²) in [5.41, 5.74) is -0.183. The van der Waals surface area contributed by atoms with Gasteiger partial charge in [-0.25, -0.2) is 0 Å². The van der Waals surface area contributed by atoms with Gasteiger partial charge in [-0.05, 0) is 68.2 Å². The van der Waals surface area contributed by atoms with Gasteiger partial charge in [-0.15, -0.1) is 0 Å². The van der Waals surface area contributed by atoms with Crippen molar-refractivity contribution in [2.75, 3.05) is 26.2 Å². The molecule has 0 radical (unpaired) electrons. The molecule has 5 atom stereocenters. The second-order valence-corrected chi connectivity index (χ2v) is 13.8. The van der Waals surface area contributed by atoms with Gasteiger partial charge in [0.15, 0.2) is 5.92 Å². The molecule has 2 aliphatic heterocycles. The van der Waals surface area contributed by atoms with Crippen LogP contribution in [-0.4, -0.2) is 102 Å². The minimum atomic E-state index is -1.38. The lowest BCUT2D eigenvalue weighted by Gasteiger charge is -2.34. The van der Waals surface area contributed by atoms with Crippen LogP contribution in [0, 0.1) is 11.8 Å². The molecule has 0 aromatic heterocycles. The molecule has 9 nitrogen and oxygen atoms in total. The molecule has 2 aliphatic rings. The third kappa shape index (κ3) is 9.23. The summed E-state index contributed by atoms with van der Waals surface area (Å²) in [7, 11) is 0. The number of likely N-dealkylation sites (tertiary alicyclic amines) is 2. The van der Waals surface area contributed by atoms with Gasteiger partial charge in [-0.1, -0.05) is 20.8 Å². The first-order chi connectivity index (χ1) is 18.5. The normalized spacial score (nSPS) is 25.4. The van der Waals surface area contributed by atoms with Gasteiger partial charge in [0.25, 0.3) is 0 Å². The molecule has 2 rings (SSSR count). The number of rotatable bonds is 15. The molecule has 0 bridgehead atoms. The van der Waals surface area contributed by atoms with Crippen molar-refractivity contribution >= 4 is 18.2 Å². The quantitative estimate of drug-likeness (QED) is 0.180. The Morgan fingerprint density at radius 3 is 1.88 bits per heavy atom. The Kier molecular flexibility index (Phi) is 12.6. The zero-order chi connectivity index (χ0) is 30.4. The molecule has 0 spiro atoms. The second kappa shape index (κ2) is 14.6. The van der Waals surface area contributed by atoms with E-state index in [1.54, 1.807) is 0 Å². The van der Waals surface area contributed by atoms with E-state index >= 15 is 0 Å². The fourth-order valence-corrected chi connectivity index (χ4v) is 6.44. The molecular formula is C31H57N3O6. The number of carbonyl (C=O) groups excluding carboxylic acids is 3. The minimum Gasteiger partial charge on any atom is -0.460 e. The first-order valence-corrected chi connectivity index (χ1v) is 15.3. The fraction of sp³-hybridized carbons (Fsp3) is 0.903. The van der Waals surface area contributed by atoms with Crippen molar-refractivity contribution in [1.82, 2.24) is 15.1 Å². The second-order valence-electron chi connectivity index (χ2n) is 13.8. The number of esters is 2. The molecule has 40 heavy (non-hydrogen) atoms. The van der Waals surface area contributed by atoms with Crippen LogP contribution in [-0.2, 0) is 28.6 Å². The highest BCUT2D eigenvalue weighted by atomic mass is 16.6. The predicted molar refractivity (Wildman–Crippen MR) is 157 cm³/mol. The minimum absolute atomic E-state index is 0.0396. The predicted octanol–water partition coefficient (Wildman–Crippen LogP) is 3.82. The summed E-state index contributed by atoms with van der Waals surface area (Å²) >= 11 is 0. The zero-order valence-electron chi connectivity index (χ0n) is 27.0. The van der Waals surface area contributed by atoms with Crippen LogP contribution in [0.3, 0.4) is 0 Å². The van der Waals surface area contributed by atoms with Crippen molar-refractivity contribution < 1.29 is 28.6 Å². The van der Waals surface area contributed by atoms with Crippen LogP contribution >= 0.6 is 0 Å². The SMILES string of the molecule is CCC(CNC(C)C)OC(=O)C(C(=O)OC1CN(C(C)C)C(C)(C)C1)C(C=O)COC1CN(C(C)C)C(C)(C)C1. The standard InChI is InChI=1S/C31H57N3O6/c1-12-24(15-32-20(2)3)39-28(36)27(29(37)40-26-14-31(10,11)34(17-26)22(6)7)23(18-35)19-38-25-13-30(8,9)33(16-25)21(4)5/h18,20-27,32H,12-17,19H2,1-11H3. The number of nitrogens with one attached hydrogen (secondary N) is 1. The highest BCUT2D eigenvalue weighted by Crippen LogP contribution is 2.34. The van der Waals surface area contributed by atoms with Gasteiger partial charge in [-0.3, -0.25) is 19.4 Å². The van der Waals surface area contributed by atoms with Gasteiger partial charge >= 0.3 is 11.9 Å². The first kappa shape index (κ1) is 34.7. The zero-order valence-corrected chi connectivity index (χ0v) is 27.0. The van der Waals surface area contributed by atoms with Crippen LogP contribution in [0.5, 0.6) is 0 Å². The van der Waals surface area contributed by atoms with E-state index in [9.17, 15) is 14.4 Å². The van der Waals surface area contributed by atoms with Crippen molar-refractivity contribution in [1.29, 1.82) is 0 Å². The number of ether oxygens (including phenoxy) is 3. The third-order valence-corrected chi connectivity index (χ3v) is 8.47. The van der Waals surface area contributed by atoms with Crippen LogP contribution in [0.4, 0.5) is 0 Å². The van der Waals surface area contributed by atoms with Crippen molar-refractivity contribution in [3.05, 3.63) is 0 Å². The van der Waals surface area contributed by atoms with E-state index in [1.807, 2.05) is 20.8 Å². The smallest absolute Gasteiger partial charge is 0.321 e. The maximum absolute atomic E-state index is 13.6. The molecule has 2 heterocycles. The van der Waals surface area contributed by atoms with Gasteiger partial charge in [0.2, 0.25) is 0 Å². The topological polar surface area (TPSA) is 97.4 Å². The molecule has 0 saturated carbocycles. The van der Waals surface area contributed by atoms with Crippen molar-refractivity contribution in [3.63, 3.8) is 0 Å². The molecule has 0 aromatic rings. The lowest BCUT2D eigenvalue weighted by molar-refractivity contribution is -0.173. The van der Waals surface area contributed by atoms with E-state index in [0.717, 1.165) is 13.0 Å². The Bertz CT molecular complexity index is 843. The summed E-state index contributed by atoms with van der Waals surface area (Å²) in [6.07, 6.45) is 1.80. The average Bonchev–Trinajstić information content (AvgIpc) is 3.32. The highest BCUT2D eigenvalue weighted by molar-refractivity contribution is 5.97. The maximum Gasteiger partial charge on any atom is 0.321 e. The van der Waals surface area contributed by atoms with E-state index in [2.05, 4.69) is 70.5 Å². The first-order valence-electron chi connectivity index (χ1n) is 15.3. The number of hydrogen-bond acceptors (Lipinski definition) is 9. The summed E-state index contributed by atoms with van der Waals surface area (Å²) in [6, 6.07) is 0.866. The molecule has 1 N–H and O–H groups in total. The summed E-state index contributed by atoms with van der Waals surface area (Å²) in [5.74, 6) is -3.81. The molecule has 0 aromatic carbocycles. The number of carbonyl (C=O) groups is 3. The highest BCUT2D eigenvalue weighted by Gasteiger charge is 2.46. The third-order valence-electron chi connectivity index (χ3n) is 8.47. The summed E-state index contributed by atoms with van der Waals surface area (Å²) in [6.45, 7) is 24.9. The number of nitrogens with zero attached hydrogens (tertiary/aromatic N) is 2. The van der Waals surface area contributed by atoms with Crippen LogP contribution in [0.15, 0.2) is 0 Å². The van der Waals surface area contributed by atoms with Gasteiger partial charge < -0.3 is 24.3 Å². The molecule has 232 valence electrons. The van der Waals surface area contributed by atoms with Crippen LogP contribution in [0.25, 0.3) is 0 Å². The Morgan fingerprint density at radius 2 is 1.43 bits per heavy atom. The summed E-state index contributed by atoms with van der Waals surface area (Å²) in [5, 5.41) is 3.28. The van der Waals surface area contributed by atoms with Gasteiger partial charge in [0.05, 0.1) is 18.6 Å². The van der Waals surface area contributed by atoms with Crippen molar-refractivity contribution in [3.8, 4) is 0 Å². The van der Waals surface area contributed by atoms with Crippen LogP contribution < -0.4 is 5.32 Å². The largest absolute Gasteiger partial charge is 0.460 e. The summed E-state index contributed by atoms with van der Waals surface area (Å²) < 4.78 is 17.9. The van der Waals surface area contributed by atoms with Gasteiger partial charge in [-0.2, -0.15) is 0 Å². The Morgan fingerprint density at radius 1 is 0.900 bits per heavy atom. The Balaban J connectivity index is 2.20. The molecule has 0 amide bonds. The van der Waals surface area contributed by atoms with E-state index in [0.29, 0.717) is 38.3 Å². The molecule has 2 fully saturated rings. The van der Waals surface area contributed by atoms with Crippen molar-refractivity contribution in [2.24, 2.45) is 11.8 Å². The molecule has 0 aliphatic carbocycles. The van der Waals surface area contributed by atoms with E-state index in [-0.39, 0.29) is 42.0 Å². The molecule has 5 unspecified atom stereocenters. The maximum atomic E-state index is 13.6. The van der Waals surface area contributed by atoms with Gasteiger partial charge in [0.1, 0.15) is 18.5 Å². The molecular weight excluding hydrogens is 510 g/mol. The number of aldehydes is 1. The van der Waals surface area contributed by atoms with E-state index < -0.39 is 29.9 Å². The number of hydrogen-bond donors (Lipinski definition) is 1. The lowest BCUT2D eigenvalue weighted by Crippen LogP contribution is -2.43. The van der Waals surface area contributed by atoms with Crippen LogP contribution in [0.1, 0.15) is 95.4 Å². The molecule has 2 saturated heterocycles. The Labute approximate surface area is 243 Å². The fourth-order valence-electron chi connectivity index (χ4n) is 6.44. The average molecular weight is 568 g/mol. The summed E-state index contributed by atoms with van der Waals surface area (Å²) in [4.78, 5) is 44.2. The van der Waals surface area contributed by atoms with Crippen molar-refractivity contribution in [2.45, 2.75) is 143 Å². The van der Waals surface area contributed by atoms with E-state index in [4.69, 9.17) is 14.2 Å². The van der Waals surface area contributed by atoms with E-state index in [1.165, 1.54) is 0 Å². The molecule has 9 heteroatoms. The monoisotopic (exact) mass is 567 g/mol. The van der Waals surface area contributed by atoms with Crippen LogP contribution in [0.2, 0.25) is 0 Å². The lowest BCUT2D eigenvalue weighted by atomic mass is 9.93. The van der Waals surface area contributed by atoms with Gasteiger partial charge in [0, 0.05) is 55.3 Å².